The van der Waals surface area contributed by atoms with Gasteiger partial charge in [0.2, 0.25) is 11.6 Å². The normalized spacial score (nSPS) is 15.1. The van der Waals surface area contributed by atoms with Crippen LogP contribution in [0.4, 0.5) is 13.2 Å². The monoisotopic (exact) mass is 301 g/mol. The minimum atomic E-state index is -4.56. The van der Waals surface area contributed by atoms with E-state index in [1.165, 1.54) is 11.0 Å². The van der Waals surface area contributed by atoms with Crippen molar-refractivity contribution in [3.05, 3.63) is 29.2 Å². The Kier molecular flexibility index (Phi) is 2.96. The molecule has 7 nitrogen and oxygen atoms in total. The number of hydrogen-bond acceptors (Lipinski definition) is 5. The molecule has 0 N–H and O–H groups in total. The zero-order valence-corrected chi connectivity index (χ0v) is 10.9. The highest BCUT2D eigenvalue weighted by Crippen LogP contribution is 2.29. The van der Waals surface area contributed by atoms with E-state index in [0.717, 1.165) is 4.57 Å². The molecular formula is C11H10F3N5O2. The van der Waals surface area contributed by atoms with Crippen LogP contribution < -0.4 is 0 Å². The molecule has 112 valence electrons. The predicted molar refractivity (Wildman–Crippen MR) is 61.0 cm³/mol. The van der Waals surface area contributed by atoms with Gasteiger partial charge in [-0.25, -0.2) is 0 Å². The highest BCUT2D eigenvalue weighted by Gasteiger charge is 2.40. The molecule has 1 aliphatic heterocycles. The lowest BCUT2D eigenvalue weighted by Gasteiger charge is -2.27. The van der Waals surface area contributed by atoms with Gasteiger partial charge in [-0.1, -0.05) is 5.16 Å². The van der Waals surface area contributed by atoms with Gasteiger partial charge in [0.1, 0.15) is 0 Å². The zero-order valence-electron chi connectivity index (χ0n) is 10.9. The summed E-state index contributed by atoms with van der Waals surface area (Å²) in [6.07, 6.45) is -4.56. The number of rotatable bonds is 1. The van der Waals surface area contributed by atoms with Crippen LogP contribution >= 0.6 is 0 Å². The standard InChI is InChI=1S/C11H10F3N5O2/c1-6-4-7(21-17-6)9(20)18-2-3-19-8(5-18)15-16-10(19)11(12,13)14/h4H,2-3,5H2,1H3. The second-order valence-corrected chi connectivity index (χ2v) is 4.65. The number of aromatic nitrogens is 4. The van der Waals surface area contributed by atoms with Gasteiger partial charge in [0, 0.05) is 19.2 Å². The first kappa shape index (κ1) is 13.6. The van der Waals surface area contributed by atoms with Crippen molar-refractivity contribution in [3.8, 4) is 0 Å². The van der Waals surface area contributed by atoms with Crippen molar-refractivity contribution in [3.63, 3.8) is 0 Å². The molecule has 10 heteroatoms. The van der Waals surface area contributed by atoms with Crippen LogP contribution in [0.2, 0.25) is 0 Å². The first-order valence-corrected chi connectivity index (χ1v) is 6.08. The fraction of sp³-hybridized carbons (Fsp3) is 0.455. The summed E-state index contributed by atoms with van der Waals surface area (Å²) in [4.78, 5) is 13.5. The van der Waals surface area contributed by atoms with Gasteiger partial charge >= 0.3 is 6.18 Å². The molecule has 0 atom stereocenters. The highest BCUT2D eigenvalue weighted by atomic mass is 19.4. The van der Waals surface area contributed by atoms with E-state index in [0.29, 0.717) is 5.69 Å². The van der Waals surface area contributed by atoms with Gasteiger partial charge in [-0.2, -0.15) is 13.2 Å². The molecule has 3 rings (SSSR count). The predicted octanol–water partition coefficient (Wildman–Crippen LogP) is 1.25. The molecule has 0 saturated carbocycles. The molecule has 0 fully saturated rings. The number of hydrogen-bond donors (Lipinski definition) is 0. The summed E-state index contributed by atoms with van der Waals surface area (Å²) >= 11 is 0. The molecule has 2 aromatic rings. The molecule has 0 aliphatic carbocycles. The average Bonchev–Trinajstić information content (AvgIpc) is 3.02. The molecule has 1 amide bonds. The van der Waals surface area contributed by atoms with Gasteiger partial charge in [0.15, 0.2) is 5.82 Å². The Morgan fingerprint density at radius 2 is 2.10 bits per heavy atom. The maximum absolute atomic E-state index is 12.7. The number of halogens is 3. The van der Waals surface area contributed by atoms with Crippen molar-refractivity contribution < 1.29 is 22.5 Å². The van der Waals surface area contributed by atoms with Crippen LogP contribution in [0.5, 0.6) is 0 Å². The number of alkyl halides is 3. The van der Waals surface area contributed by atoms with Crippen LogP contribution in [0.1, 0.15) is 27.9 Å². The van der Waals surface area contributed by atoms with E-state index in [4.69, 9.17) is 4.52 Å². The van der Waals surface area contributed by atoms with Crippen molar-refractivity contribution in [2.24, 2.45) is 0 Å². The van der Waals surface area contributed by atoms with Gasteiger partial charge in [0.25, 0.3) is 5.91 Å². The zero-order chi connectivity index (χ0) is 15.2. The lowest BCUT2D eigenvalue weighted by atomic mass is 10.3. The number of fused-ring (bicyclic) bond motifs is 1. The molecule has 0 radical (unpaired) electrons. The molecule has 3 heterocycles. The minimum absolute atomic E-state index is 0.0178. The Morgan fingerprint density at radius 1 is 1.33 bits per heavy atom. The van der Waals surface area contributed by atoms with Gasteiger partial charge in [-0.3, -0.25) is 4.79 Å². The molecule has 1 aliphatic rings. The van der Waals surface area contributed by atoms with Crippen molar-refractivity contribution in [1.29, 1.82) is 0 Å². The van der Waals surface area contributed by atoms with Crippen LogP contribution in [-0.4, -0.2) is 37.3 Å². The summed E-state index contributed by atoms with van der Waals surface area (Å²) in [7, 11) is 0. The van der Waals surface area contributed by atoms with Gasteiger partial charge in [-0.15, -0.1) is 10.2 Å². The third kappa shape index (κ3) is 2.36. The topological polar surface area (TPSA) is 77.0 Å². The van der Waals surface area contributed by atoms with Crippen LogP contribution in [0, 0.1) is 6.92 Å². The first-order valence-electron chi connectivity index (χ1n) is 6.08. The molecule has 0 saturated heterocycles. The quantitative estimate of drug-likeness (QED) is 0.792. The summed E-state index contributed by atoms with van der Waals surface area (Å²) in [6.45, 7) is 1.72. The summed E-state index contributed by atoms with van der Waals surface area (Å²) in [5.41, 5.74) is 0.554. The molecule has 0 unspecified atom stereocenters. The molecule has 21 heavy (non-hydrogen) atoms. The second-order valence-electron chi connectivity index (χ2n) is 4.65. The van der Waals surface area contributed by atoms with Crippen LogP contribution in [0.25, 0.3) is 0 Å². The maximum atomic E-state index is 12.7. The number of nitrogens with zero attached hydrogens (tertiary/aromatic N) is 5. The maximum Gasteiger partial charge on any atom is 0.451 e. The number of carbonyl (C=O) groups is 1. The molecule has 2 aromatic heterocycles. The molecule has 0 bridgehead atoms. The minimum Gasteiger partial charge on any atom is -0.351 e. The fourth-order valence-corrected chi connectivity index (χ4v) is 2.16. The average molecular weight is 301 g/mol. The van der Waals surface area contributed by atoms with E-state index < -0.39 is 17.9 Å². The van der Waals surface area contributed by atoms with E-state index >= 15 is 0 Å². The Bertz CT molecular complexity index is 690. The van der Waals surface area contributed by atoms with Crippen molar-refractivity contribution in [2.75, 3.05) is 6.54 Å². The third-order valence-electron chi connectivity index (χ3n) is 3.13. The van der Waals surface area contributed by atoms with Crippen molar-refractivity contribution >= 4 is 5.91 Å². The van der Waals surface area contributed by atoms with E-state index in [1.807, 2.05) is 0 Å². The van der Waals surface area contributed by atoms with Gasteiger partial charge in [0.05, 0.1) is 12.2 Å². The third-order valence-corrected chi connectivity index (χ3v) is 3.13. The fourth-order valence-electron chi connectivity index (χ4n) is 2.16. The number of aryl methyl sites for hydroxylation is 1. The molecule has 0 aromatic carbocycles. The summed E-state index contributed by atoms with van der Waals surface area (Å²) in [5, 5.41) is 10.3. The Hall–Kier alpha value is -2.39. The number of amides is 1. The van der Waals surface area contributed by atoms with E-state index in [2.05, 4.69) is 15.4 Å². The van der Waals surface area contributed by atoms with Gasteiger partial charge in [-0.05, 0) is 6.92 Å². The lowest BCUT2D eigenvalue weighted by molar-refractivity contribution is -0.147. The van der Waals surface area contributed by atoms with Gasteiger partial charge < -0.3 is 14.0 Å². The first-order chi connectivity index (χ1) is 9.86. The van der Waals surface area contributed by atoms with Crippen LogP contribution in [0.15, 0.2) is 10.6 Å². The Balaban J connectivity index is 1.82. The SMILES string of the molecule is Cc1cc(C(=O)N2CCn3c(nnc3C(F)(F)F)C2)on1. The van der Waals surface area contributed by atoms with Crippen molar-refractivity contribution in [1.82, 2.24) is 24.8 Å². The summed E-state index contributed by atoms with van der Waals surface area (Å²) < 4.78 is 44.0. The van der Waals surface area contributed by atoms with Crippen molar-refractivity contribution in [2.45, 2.75) is 26.2 Å². The lowest BCUT2D eigenvalue weighted by Crippen LogP contribution is -2.39. The van der Waals surface area contributed by atoms with E-state index in [-0.39, 0.29) is 31.2 Å². The Morgan fingerprint density at radius 3 is 2.71 bits per heavy atom. The second kappa shape index (κ2) is 4.57. The largest absolute Gasteiger partial charge is 0.451 e. The van der Waals surface area contributed by atoms with Crippen LogP contribution in [0.3, 0.4) is 0 Å². The summed E-state index contributed by atoms with van der Waals surface area (Å²) in [5.74, 6) is -1.33. The van der Waals surface area contributed by atoms with E-state index in [1.54, 1.807) is 6.92 Å². The van der Waals surface area contributed by atoms with E-state index in [9.17, 15) is 18.0 Å². The summed E-state index contributed by atoms with van der Waals surface area (Å²) in [6, 6.07) is 1.48. The molecular weight excluding hydrogens is 291 g/mol. The number of carbonyl (C=O) groups excluding carboxylic acids is 1. The van der Waals surface area contributed by atoms with Crippen LogP contribution in [-0.2, 0) is 19.3 Å². The Labute approximate surface area is 116 Å². The smallest absolute Gasteiger partial charge is 0.351 e. The molecule has 0 spiro atoms. The highest BCUT2D eigenvalue weighted by molar-refractivity contribution is 5.91.